The third-order valence-corrected chi connectivity index (χ3v) is 7.51. The van der Waals surface area contributed by atoms with Crippen molar-refractivity contribution in [2.75, 3.05) is 26.1 Å². The van der Waals surface area contributed by atoms with Crippen LogP contribution in [0.2, 0.25) is 0 Å². The first-order valence-corrected chi connectivity index (χ1v) is 13.5. The maximum Gasteiger partial charge on any atom is 0.271 e. The highest BCUT2D eigenvalue weighted by molar-refractivity contribution is 7.07. The predicted octanol–water partition coefficient (Wildman–Crippen LogP) is 3.90. The molecular formula is C32H27N3O5S. The maximum absolute atomic E-state index is 13.9. The van der Waals surface area contributed by atoms with Gasteiger partial charge in [-0.25, -0.2) is 4.99 Å². The van der Waals surface area contributed by atoms with Gasteiger partial charge in [0.25, 0.3) is 11.5 Å². The average Bonchev–Trinajstić information content (AvgIpc) is 3.29. The van der Waals surface area contributed by atoms with Gasteiger partial charge in [-0.2, -0.15) is 0 Å². The quantitative estimate of drug-likeness (QED) is 0.327. The van der Waals surface area contributed by atoms with Crippen LogP contribution < -0.4 is 34.4 Å². The van der Waals surface area contributed by atoms with E-state index in [1.165, 1.54) is 18.4 Å². The Kier molecular flexibility index (Phi) is 8.04. The number of allylic oxidation sites excluding steroid dienone is 1. The van der Waals surface area contributed by atoms with E-state index in [1.54, 1.807) is 36.8 Å². The normalized spacial score (nSPS) is 14.5. The Morgan fingerprint density at radius 3 is 2.51 bits per heavy atom. The van der Waals surface area contributed by atoms with Crippen molar-refractivity contribution >= 4 is 29.0 Å². The molecule has 5 rings (SSSR count). The Hall–Kier alpha value is -5.07. The number of para-hydroxylation sites is 1. The monoisotopic (exact) mass is 565 g/mol. The zero-order valence-electron chi connectivity index (χ0n) is 22.7. The molecule has 8 nitrogen and oxygen atoms in total. The van der Waals surface area contributed by atoms with Crippen LogP contribution in [-0.4, -0.2) is 31.3 Å². The van der Waals surface area contributed by atoms with E-state index in [1.807, 2.05) is 60.7 Å². The zero-order valence-corrected chi connectivity index (χ0v) is 23.5. The number of amides is 1. The number of benzene rings is 3. The fourth-order valence-electron chi connectivity index (χ4n) is 4.60. The molecule has 9 heteroatoms. The summed E-state index contributed by atoms with van der Waals surface area (Å²) in [5, 5.41) is 2.95. The lowest BCUT2D eigenvalue weighted by atomic mass is 9.95. The Labute approximate surface area is 240 Å². The molecule has 1 N–H and O–H groups in total. The number of nitrogens with zero attached hydrogens (tertiary/aromatic N) is 2. The molecule has 206 valence electrons. The molecule has 0 fully saturated rings. The summed E-state index contributed by atoms with van der Waals surface area (Å²) in [5.74, 6) is 3.77. The van der Waals surface area contributed by atoms with Crippen molar-refractivity contribution in [1.29, 1.82) is 0 Å². The molecule has 41 heavy (non-hydrogen) atoms. The molecule has 0 spiro atoms. The molecule has 1 aliphatic heterocycles. The van der Waals surface area contributed by atoms with Crippen molar-refractivity contribution in [3.63, 3.8) is 0 Å². The van der Waals surface area contributed by atoms with Crippen LogP contribution in [0, 0.1) is 12.3 Å². The van der Waals surface area contributed by atoms with E-state index in [2.05, 4.69) is 11.2 Å². The van der Waals surface area contributed by atoms with E-state index < -0.39 is 6.04 Å². The number of hydrogen-bond acceptors (Lipinski definition) is 7. The number of nitrogens with one attached hydrogen (secondary N) is 1. The molecule has 0 saturated heterocycles. The summed E-state index contributed by atoms with van der Waals surface area (Å²) in [6, 6.07) is 21.1. The van der Waals surface area contributed by atoms with Crippen LogP contribution in [0.3, 0.4) is 0 Å². The Balaban J connectivity index is 1.63. The van der Waals surface area contributed by atoms with Gasteiger partial charge in [0.15, 0.2) is 16.3 Å². The minimum absolute atomic E-state index is 0.110. The molecule has 1 amide bonds. The van der Waals surface area contributed by atoms with Gasteiger partial charge in [0.05, 0.1) is 36.1 Å². The molecule has 0 saturated carbocycles. The standard InChI is InChI=1S/C32H27N3O5S/c1-5-17-40-25-16-11-21(18-26(25)39-4)19-27-31(37)35-29(22-12-14-24(38-3)15-13-22)28(20(2)33-32(35)41-27)30(36)34-23-9-7-6-8-10-23/h1,6-16,18-19,29H,17H2,2-4H3,(H,34,36)/b27-19+/t29-/m0/s1. The largest absolute Gasteiger partial charge is 0.497 e. The number of carbonyl (C=O) groups excluding carboxylic acids is 1. The molecule has 1 atom stereocenters. The first-order valence-electron chi connectivity index (χ1n) is 12.7. The number of terminal acetylenes is 1. The van der Waals surface area contributed by atoms with Gasteiger partial charge in [-0.3, -0.25) is 14.2 Å². The number of aromatic nitrogens is 1. The summed E-state index contributed by atoms with van der Waals surface area (Å²) in [4.78, 5) is 32.8. The predicted molar refractivity (Wildman–Crippen MR) is 159 cm³/mol. The number of ether oxygens (including phenoxy) is 3. The number of anilines is 1. The molecule has 2 heterocycles. The molecule has 1 aliphatic rings. The van der Waals surface area contributed by atoms with Crippen LogP contribution in [-0.2, 0) is 4.79 Å². The average molecular weight is 566 g/mol. The van der Waals surface area contributed by atoms with Gasteiger partial charge >= 0.3 is 0 Å². The molecule has 0 bridgehead atoms. The maximum atomic E-state index is 13.9. The lowest BCUT2D eigenvalue weighted by Gasteiger charge is -2.25. The van der Waals surface area contributed by atoms with Crippen LogP contribution in [0.4, 0.5) is 5.69 Å². The first kappa shape index (κ1) is 27.5. The number of carbonyl (C=O) groups is 1. The minimum atomic E-state index is -0.697. The van der Waals surface area contributed by atoms with Crippen molar-refractivity contribution < 1.29 is 19.0 Å². The van der Waals surface area contributed by atoms with Crippen molar-refractivity contribution in [2.45, 2.75) is 13.0 Å². The summed E-state index contributed by atoms with van der Waals surface area (Å²) < 4.78 is 18.4. The van der Waals surface area contributed by atoms with E-state index in [0.717, 1.165) is 11.1 Å². The SMILES string of the molecule is C#CCOc1ccc(/C=c2/sc3n(c2=O)[C@@H](c2ccc(OC)cc2)C(C(=O)Nc2ccccc2)=C(C)N=3)cc1OC. The van der Waals surface area contributed by atoms with Gasteiger partial charge in [0.2, 0.25) is 0 Å². The summed E-state index contributed by atoms with van der Waals surface area (Å²) >= 11 is 1.25. The highest BCUT2D eigenvalue weighted by Crippen LogP contribution is 2.32. The van der Waals surface area contributed by atoms with E-state index >= 15 is 0 Å². The smallest absolute Gasteiger partial charge is 0.271 e. The lowest BCUT2D eigenvalue weighted by molar-refractivity contribution is -0.113. The van der Waals surface area contributed by atoms with Gasteiger partial charge in [-0.15, -0.1) is 6.42 Å². The number of hydrogen-bond donors (Lipinski definition) is 1. The number of thiazole rings is 1. The zero-order chi connectivity index (χ0) is 28.9. The number of methoxy groups -OCH3 is 2. The molecular weight excluding hydrogens is 538 g/mol. The molecule has 0 aliphatic carbocycles. The van der Waals surface area contributed by atoms with E-state index in [0.29, 0.717) is 43.5 Å². The second-order valence-corrected chi connectivity index (χ2v) is 10.1. The van der Waals surface area contributed by atoms with E-state index in [9.17, 15) is 9.59 Å². The fourth-order valence-corrected chi connectivity index (χ4v) is 5.64. The summed E-state index contributed by atoms with van der Waals surface area (Å²) in [7, 11) is 3.12. The van der Waals surface area contributed by atoms with E-state index in [4.69, 9.17) is 25.6 Å². The first-order chi connectivity index (χ1) is 19.9. The van der Waals surface area contributed by atoms with Crippen LogP contribution >= 0.6 is 11.3 Å². The topological polar surface area (TPSA) is 91.2 Å². The summed E-state index contributed by atoms with van der Waals surface area (Å²) in [6.45, 7) is 1.90. The van der Waals surface area contributed by atoms with Crippen molar-refractivity contribution in [2.24, 2.45) is 4.99 Å². The van der Waals surface area contributed by atoms with Gasteiger partial charge in [-0.05, 0) is 60.5 Å². The second-order valence-electron chi connectivity index (χ2n) is 9.08. The van der Waals surface area contributed by atoms with Gasteiger partial charge in [-0.1, -0.05) is 53.7 Å². The minimum Gasteiger partial charge on any atom is -0.497 e. The van der Waals surface area contributed by atoms with Crippen LogP contribution in [0.25, 0.3) is 6.08 Å². The van der Waals surface area contributed by atoms with Gasteiger partial charge in [0.1, 0.15) is 12.4 Å². The lowest BCUT2D eigenvalue weighted by Crippen LogP contribution is -2.40. The molecule has 0 unspecified atom stereocenters. The second kappa shape index (κ2) is 12.0. The fraction of sp³-hybridized carbons (Fsp3) is 0.156. The van der Waals surface area contributed by atoms with Crippen molar-refractivity contribution in [3.05, 3.63) is 115 Å². The van der Waals surface area contributed by atoms with Gasteiger partial charge in [0, 0.05) is 5.69 Å². The molecule has 1 aromatic heterocycles. The molecule has 0 radical (unpaired) electrons. The summed E-state index contributed by atoms with van der Waals surface area (Å²) in [5.41, 5.74) is 2.78. The highest BCUT2D eigenvalue weighted by atomic mass is 32.1. The van der Waals surface area contributed by atoms with Crippen LogP contribution in [0.1, 0.15) is 24.1 Å². The molecule has 4 aromatic rings. The Bertz CT molecular complexity index is 1850. The number of fused-ring (bicyclic) bond motifs is 1. The van der Waals surface area contributed by atoms with Crippen molar-refractivity contribution in [3.8, 4) is 29.6 Å². The number of rotatable bonds is 8. The van der Waals surface area contributed by atoms with Gasteiger partial charge < -0.3 is 19.5 Å². The highest BCUT2D eigenvalue weighted by Gasteiger charge is 2.32. The van der Waals surface area contributed by atoms with Crippen molar-refractivity contribution in [1.82, 2.24) is 4.57 Å². The van der Waals surface area contributed by atoms with Crippen LogP contribution in [0.15, 0.2) is 93.9 Å². The third-order valence-electron chi connectivity index (χ3n) is 6.53. The van der Waals surface area contributed by atoms with Crippen LogP contribution in [0.5, 0.6) is 17.2 Å². The molecule has 3 aromatic carbocycles. The third kappa shape index (κ3) is 5.64. The van der Waals surface area contributed by atoms with E-state index in [-0.39, 0.29) is 18.1 Å². The Morgan fingerprint density at radius 1 is 1.07 bits per heavy atom. The summed E-state index contributed by atoms with van der Waals surface area (Å²) in [6.07, 6.45) is 7.08. The Morgan fingerprint density at radius 2 is 1.83 bits per heavy atom.